The van der Waals surface area contributed by atoms with Crippen LogP contribution in [0.1, 0.15) is 38.9 Å². The molecule has 0 spiro atoms. The molecule has 2 nitrogen and oxygen atoms in total. The van der Waals surface area contributed by atoms with Crippen LogP contribution in [0.25, 0.3) is 11.1 Å². The van der Waals surface area contributed by atoms with Gasteiger partial charge in [0.1, 0.15) is 0 Å². The maximum Gasteiger partial charge on any atom is 0.0733 e. The standard InChI is InChI=1S/C29H28N2/c1-18-13-14-26(27(30)15-18)29(21-16-19(2)28(31-4)20(3)17-21)24-11-7-5-9-22(24)23-10-6-8-12-25(23)29/h5-17,31H,30H2,1-4H3. The van der Waals surface area contributed by atoms with E-state index >= 15 is 0 Å². The first-order chi connectivity index (χ1) is 15.0. The fraction of sp³-hybridized carbons (Fsp3) is 0.172. The zero-order chi connectivity index (χ0) is 21.8. The summed E-state index contributed by atoms with van der Waals surface area (Å²) in [6, 6.07) is 28.7. The van der Waals surface area contributed by atoms with Gasteiger partial charge in [0, 0.05) is 18.4 Å². The zero-order valence-electron chi connectivity index (χ0n) is 18.6. The smallest absolute Gasteiger partial charge is 0.0733 e. The van der Waals surface area contributed by atoms with E-state index < -0.39 is 5.41 Å². The zero-order valence-corrected chi connectivity index (χ0v) is 18.6. The number of rotatable bonds is 3. The fourth-order valence-electron chi connectivity index (χ4n) is 5.59. The SMILES string of the molecule is CNc1c(C)cc(C2(c3ccc(C)cc3N)c3ccccc3-c3ccccc32)cc1C. The van der Waals surface area contributed by atoms with Crippen molar-refractivity contribution >= 4 is 11.4 Å². The number of hydrogen-bond donors (Lipinski definition) is 2. The molecule has 4 aromatic carbocycles. The van der Waals surface area contributed by atoms with Gasteiger partial charge in [-0.2, -0.15) is 0 Å². The van der Waals surface area contributed by atoms with E-state index in [1.54, 1.807) is 0 Å². The number of nitrogen functional groups attached to an aromatic ring is 1. The van der Waals surface area contributed by atoms with Crippen molar-refractivity contribution in [2.24, 2.45) is 0 Å². The van der Waals surface area contributed by atoms with Gasteiger partial charge in [-0.3, -0.25) is 0 Å². The lowest BCUT2D eigenvalue weighted by molar-refractivity contribution is 0.768. The quantitative estimate of drug-likeness (QED) is 0.333. The first-order valence-corrected chi connectivity index (χ1v) is 10.8. The summed E-state index contributed by atoms with van der Waals surface area (Å²) in [7, 11) is 1.99. The van der Waals surface area contributed by atoms with Crippen molar-refractivity contribution in [3.8, 4) is 11.1 Å². The molecule has 0 radical (unpaired) electrons. The Morgan fingerprint density at radius 3 is 1.74 bits per heavy atom. The lowest BCUT2D eigenvalue weighted by Crippen LogP contribution is -2.30. The Balaban J connectivity index is 1.98. The lowest BCUT2D eigenvalue weighted by Gasteiger charge is -2.35. The second-order valence-corrected chi connectivity index (χ2v) is 8.67. The first kappa shape index (κ1) is 19.4. The predicted octanol–water partition coefficient (Wildman–Crippen LogP) is 6.60. The van der Waals surface area contributed by atoms with E-state index in [9.17, 15) is 0 Å². The minimum atomic E-state index is -0.452. The molecule has 154 valence electrons. The van der Waals surface area contributed by atoms with Crippen LogP contribution in [-0.4, -0.2) is 7.05 Å². The molecule has 0 aliphatic heterocycles. The number of nitrogens with one attached hydrogen (secondary N) is 1. The number of anilines is 2. The third-order valence-electron chi connectivity index (χ3n) is 6.78. The first-order valence-electron chi connectivity index (χ1n) is 10.8. The van der Waals surface area contributed by atoms with Gasteiger partial charge in [-0.05, 0) is 76.9 Å². The molecule has 0 fully saturated rings. The van der Waals surface area contributed by atoms with Crippen molar-refractivity contribution in [1.82, 2.24) is 0 Å². The van der Waals surface area contributed by atoms with E-state index in [-0.39, 0.29) is 0 Å². The molecule has 0 atom stereocenters. The van der Waals surface area contributed by atoms with E-state index in [2.05, 4.69) is 105 Å². The molecule has 1 aliphatic rings. The topological polar surface area (TPSA) is 38.0 Å². The molecule has 4 aromatic rings. The number of nitrogens with two attached hydrogens (primary N) is 1. The molecule has 5 rings (SSSR count). The molecular formula is C29H28N2. The highest BCUT2D eigenvalue weighted by molar-refractivity contribution is 5.88. The maximum absolute atomic E-state index is 6.76. The Kier molecular flexibility index (Phi) is 4.40. The van der Waals surface area contributed by atoms with Crippen LogP contribution >= 0.6 is 0 Å². The van der Waals surface area contributed by atoms with Gasteiger partial charge >= 0.3 is 0 Å². The van der Waals surface area contributed by atoms with Crippen LogP contribution in [0.2, 0.25) is 0 Å². The summed E-state index contributed by atoms with van der Waals surface area (Å²) in [4.78, 5) is 0. The van der Waals surface area contributed by atoms with Crippen molar-refractivity contribution in [2.75, 3.05) is 18.1 Å². The molecular weight excluding hydrogens is 376 g/mol. The number of benzene rings is 4. The molecule has 0 unspecified atom stereocenters. The summed E-state index contributed by atoms with van der Waals surface area (Å²) in [6.45, 7) is 6.46. The lowest BCUT2D eigenvalue weighted by atomic mass is 9.66. The van der Waals surface area contributed by atoms with E-state index in [1.807, 2.05) is 7.05 Å². The van der Waals surface area contributed by atoms with Crippen LogP contribution in [0.3, 0.4) is 0 Å². The van der Waals surface area contributed by atoms with Gasteiger partial charge in [0.2, 0.25) is 0 Å². The van der Waals surface area contributed by atoms with Gasteiger partial charge in [0.05, 0.1) is 5.41 Å². The molecule has 31 heavy (non-hydrogen) atoms. The van der Waals surface area contributed by atoms with Crippen molar-refractivity contribution in [3.63, 3.8) is 0 Å². The molecule has 3 N–H and O–H groups in total. The molecule has 2 heteroatoms. The number of fused-ring (bicyclic) bond motifs is 3. The normalized spacial score (nSPS) is 13.5. The Bertz CT molecular complexity index is 1250. The largest absolute Gasteiger partial charge is 0.398 e. The average molecular weight is 405 g/mol. The Hall–Kier alpha value is -3.52. The van der Waals surface area contributed by atoms with Crippen molar-refractivity contribution < 1.29 is 0 Å². The summed E-state index contributed by atoms with van der Waals surface area (Å²) in [5.41, 5.74) is 19.5. The van der Waals surface area contributed by atoms with Crippen LogP contribution in [0.15, 0.2) is 78.9 Å². The van der Waals surface area contributed by atoms with Gasteiger partial charge in [0.25, 0.3) is 0 Å². The van der Waals surface area contributed by atoms with Crippen molar-refractivity contribution in [2.45, 2.75) is 26.2 Å². The van der Waals surface area contributed by atoms with Crippen LogP contribution in [0.5, 0.6) is 0 Å². The van der Waals surface area contributed by atoms with Crippen molar-refractivity contribution in [3.05, 3.63) is 118 Å². The highest BCUT2D eigenvalue weighted by atomic mass is 14.8. The van der Waals surface area contributed by atoms with Gasteiger partial charge in [0.15, 0.2) is 0 Å². The number of aryl methyl sites for hydroxylation is 3. The minimum absolute atomic E-state index is 0.452. The molecule has 0 heterocycles. The van der Waals surface area contributed by atoms with E-state index in [0.29, 0.717) is 0 Å². The Labute approximate surface area is 184 Å². The second-order valence-electron chi connectivity index (χ2n) is 8.67. The van der Waals surface area contributed by atoms with E-state index in [4.69, 9.17) is 5.73 Å². The summed E-state index contributed by atoms with van der Waals surface area (Å²) in [5, 5.41) is 3.37. The van der Waals surface area contributed by atoms with Gasteiger partial charge in [-0.25, -0.2) is 0 Å². The molecule has 0 saturated carbocycles. The summed E-state index contributed by atoms with van der Waals surface area (Å²) < 4.78 is 0. The third kappa shape index (κ3) is 2.64. The maximum atomic E-state index is 6.76. The monoisotopic (exact) mass is 404 g/mol. The molecule has 0 amide bonds. The van der Waals surface area contributed by atoms with Gasteiger partial charge in [-0.15, -0.1) is 0 Å². The molecule has 0 bridgehead atoms. The van der Waals surface area contributed by atoms with Gasteiger partial charge in [-0.1, -0.05) is 72.8 Å². The number of hydrogen-bond acceptors (Lipinski definition) is 2. The molecule has 0 aromatic heterocycles. The summed E-state index contributed by atoms with van der Waals surface area (Å²) in [6.07, 6.45) is 0. The van der Waals surface area contributed by atoms with Crippen LogP contribution < -0.4 is 11.1 Å². The Morgan fingerprint density at radius 2 is 1.23 bits per heavy atom. The highest BCUT2D eigenvalue weighted by Gasteiger charge is 2.47. The molecule has 0 saturated heterocycles. The molecule has 1 aliphatic carbocycles. The predicted molar refractivity (Wildman–Crippen MR) is 132 cm³/mol. The average Bonchev–Trinajstić information content (AvgIpc) is 3.05. The second kappa shape index (κ2) is 7.02. The Morgan fingerprint density at radius 1 is 0.677 bits per heavy atom. The van der Waals surface area contributed by atoms with E-state index in [0.717, 1.165) is 11.3 Å². The minimum Gasteiger partial charge on any atom is -0.398 e. The van der Waals surface area contributed by atoms with Gasteiger partial charge < -0.3 is 11.1 Å². The van der Waals surface area contributed by atoms with Crippen LogP contribution in [0.4, 0.5) is 11.4 Å². The summed E-state index contributed by atoms with van der Waals surface area (Å²) in [5.74, 6) is 0. The van der Waals surface area contributed by atoms with E-state index in [1.165, 1.54) is 50.2 Å². The van der Waals surface area contributed by atoms with Crippen LogP contribution in [0, 0.1) is 20.8 Å². The van der Waals surface area contributed by atoms with Crippen molar-refractivity contribution in [1.29, 1.82) is 0 Å². The highest BCUT2D eigenvalue weighted by Crippen LogP contribution is 2.57. The fourth-order valence-corrected chi connectivity index (χ4v) is 5.59. The third-order valence-corrected chi connectivity index (χ3v) is 6.78. The van der Waals surface area contributed by atoms with Crippen LogP contribution in [-0.2, 0) is 5.41 Å². The summed E-state index contributed by atoms with van der Waals surface area (Å²) >= 11 is 0.